The smallest absolute Gasteiger partial charge is 0.322 e. The van der Waals surface area contributed by atoms with Crippen LogP contribution >= 0.6 is 11.3 Å². The number of hydrogen-bond acceptors (Lipinski definition) is 6. The first-order valence-corrected chi connectivity index (χ1v) is 10.4. The van der Waals surface area contributed by atoms with Crippen molar-refractivity contribution in [2.24, 2.45) is 0 Å². The lowest BCUT2D eigenvalue weighted by Gasteiger charge is -2.36. The molecule has 8 nitrogen and oxygen atoms in total. The molecule has 0 saturated carbocycles. The number of hydrogen-bond donors (Lipinski definition) is 2. The number of urea groups is 1. The maximum absolute atomic E-state index is 12.8. The molecule has 0 bridgehead atoms. The fourth-order valence-electron chi connectivity index (χ4n) is 3.59. The van der Waals surface area contributed by atoms with E-state index in [1.54, 1.807) is 10.3 Å². The maximum atomic E-state index is 12.8. The Morgan fingerprint density at radius 2 is 1.90 bits per heavy atom. The van der Waals surface area contributed by atoms with E-state index in [4.69, 9.17) is 4.74 Å². The number of nitrogens with one attached hydrogen (secondary N) is 2. The van der Waals surface area contributed by atoms with Crippen molar-refractivity contribution in [3.8, 4) is 16.3 Å². The number of thiazole rings is 1. The number of aromatic nitrogens is 1. The molecule has 2 N–H and O–H groups in total. The molecule has 2 saturated heterocycles. The van der Waals surface area contributed by atoms with Crippen LogP contribution in [0.2, 0.25) is 0 Å². The number of ether oxygens (including phenoxy) is 1. The van der Waals surface area contributed by atoms with Crippen LogP contribution in [-0.4, -0.2) is 52.5 Å². The number of carbonyl (C=O) groups is 3. The zero-order valence-corrected chi connectivity index (χ0v) is 17.0. The topological polar surface area (TPSA) is 101 Å². The third-order valence-corrected chi connectivity index (χ3v) is 6.01. The Morgan fingerprint density at radius 1 is 1.21 bits per heavy atom. The van der Waals surface area contributed by atoms with Gasteiger partial charge in [0, 0.05) is 24.0 Å². The Kier molecular flexibility index (Phi) is 4.99. The number of rotatable bonds is 4. The van der Waals surface area contributed by atoms with E-state index < -0.39 is 11.6 Å². The lowest BCUT2D eigenvalue weighted by Crippen LogP contribution is -2.55. The minimum Gasteiger partial charge on any atom is -0.491 e. The molecular formula is C20H22N4O4S. The molecule has 9 heteroatoms. The van der Waals surface area contributed by atoms with Crippen LogP contribution in [0.5, 0.6) is 5.75 Å². The lowest BCUT2D eigenvalue weighted by molar-refractivity contribution is -0.125. The Bertz CT molecular complexity index is 946. The number of imide groups is 1. The van der Waals surface area contributed by atoms with Crippen LogP contribution in [-0.2, 0) is 4.79 Å². The third-order valence-electron chi connectivity index (χ3n) is 5.12. The van der Waals surface area contributed by atoms with Gasteiger partial charge in [0.05, 0.1) is 6.10 Å². The first-order chi connectivity index (χ1) is 13.9. The quantitative estimate of drug-likeness (QED) is 0.749. The molecule has 1 aromatic carbocycles. The van der Waals surface area contributed by atoms with Gasteiger partial charge in [-0.3, -0.25) is 14.9 Å². The molecule has 1 aromatic heterocycles. The van der Waals surface area contributed by atoms with Crippen LogP contribution in [0.4, 0.5) is 4.79 Å². The van der Waals surface area contributed by atoms with Crippen LogP contribution in [0.25, 0.3) is 10.6 Å². The molecule has 2 aliphatic heterocycles. The summed E-state index contributed by atoms with van der Waals surface area (Å²) >= 11 is 1.41. The molecule has 2 aromatic rings. The van der Waals surface area contributed by atoms with E-state index in [9.17, 15) is 14.4 Å². The molecule has 152 valence electrons. The minimum atomic E-state index is -0.888. The number of likely N-dealkylation sites (tertiary alicyclic amines) is 1. The van der Waals surface area contributed by atoms with Gasteiger partial charge in [0.15, 0.2) is 0 Å². The lowest BCUT2D eigenvalue weighted by atomic mass is 9.87. The minimum absolute atomic E-state index is 0.109. The Labute approximate surface area is 172 Å². The van der Waals surface area contributed by atoms with Crippen LogP contribution in [0.3, 0.4) is 0 Å². The fraction of sp³-hybridized carbons (Fsp3) is 0.400. The first-order valence-electron chi connectivity index (χ1n) is 9.52. The Balaban J connectivity index is 1.41. The number of benzene rings is 1. The van der Waals surface area contributed by atoms with E-state index in [0.29, 0.717) is 31.6 Å². The summed E-state index contributed by atoms with van der Waals surface area (Å²) in [6, 6.07) is 7.17. The number of amides is 4. The highest BCUT2D eigenvalue weighted by Crippen LogP contribution is 2.29. The molecule has 29 heavy (non-hydrogen) atoms. The largest absolute Gasteiger partial charge is 0.491 e. The van der Waals surface area contributed by atoms with Gasteiger partial charge in [0.2, 0.25) is 0 Å². The van der Waals surface area contributed by atoms with Crippen molar-refractivity contribution >= 4 is 29.2 Å². The van der Waals surface area contributed by atoms with Crippen molar-refractivity contribution in [2.75, 3.05) is 13.1 Å². The van der Waals surface area contributed by atoms with E-state index in [0.717, 1.165) is 16.3 Å². The predicted molar refractivity (Wildman–Crippen MR) is 108 cm³/mol. The molecule has 2 fully saturated rings. The van der Waals surface area contributed by atoms with Crippen molar-refractivity contribution in [3.63, 3.8) is 0 Å². The van der Waals surface area contributed by atoms with Crippen molar-refractivity contribution in [1.82, 2.24) is 20.5 Å². The van der Waals surface area contributed by atoms with Crippen molar-refractivity contribution in [2.45, 2.75) is 38.3 Å². The second-order valence-electron chi connectivity index (χ2n) is 7.51. The van der Waals surface area contributed by atoms with Gasteiger partial charge in [-0.05, 0) is 51.0 Å². The summed E-state index contributed by atoms with van der Waals surface area (Å²) in [5, 5.41) is 7.49. The average Bonchev–Trinajstić information content (AvgIpc) is 3.27. The monoisotopic (exact) mass is 414 g/mol. The summed E-state index contributed by atoms with van der Waals surface area (Å²) in [4.78, 5) is 42.5. The highest BCUT2D eigenvalue weighted by Gasteiger charge is 2.48. The van der Waals surface area contributed by atoms with Crippen LogP contribution < -0.4 is 15.4 Å². The highest BCUT2D eigenvalue weighted by atomic mass is 32.1. The van der Waals surface area contributed by atoms with E-state index in [2.05, 4.69) is 15.6 Å². The van der Waals surface area contributed by atoms with Crippen molar-refractivity contribution < 1.29 is 19.1 Å². The standard InChI is InChI=1S/C20H22N4O4S/c1-12(2)28-14-5-3-13(4-6-14)16-21-15(11-29-16)17(25)24-9-7-20(8-10-24)18(26)22-19(27)23-20/h3-6,11-12H,7-10H2,1-2H3,(H2,22,23,26,27). The summed E-state index contributed by atoms with van der Waals surface area (Å²) in [7, 11) is 0. The van der Waals surface area contributed by atoms with Gasteiger partial charge in [-0.15, -0.1) is 11.3 Å². The molecule has 0 radical (unpaired) electrons. The molecule has 0 atom stereocenters. The summed E-state index contributed by atoms with van der Waals surface area (Å²) in [6.07, 6.45) is 0.896. The van der Waals surface area contributed by atoms with Gasteiger partial charge in [0.1, 0.15) is 22.0 Å². The van der Waals surface area contributed by atoms with Crippen molar-refractivity contribution in [1.29, 1.82) is 0 Å². The van der Waals surface area contributed by atoms with E-state index in [1.165, 1.54) is 11.3 Å². The third kappa shape index (κ3) is 3.82. The zero-order chi connectivity index (χ0) is 20.6. The van der Waals surface area contributed by atoms with Gasteiger partial charge < -0.3 is 15.0 Å². The molecule has 1 spiro atoms. The molecule has 2 aliphatic rings. The SMILES string of the molecule is CC(C)Oc1ccc(-c2nc(C(=O)N3CCC4(CC3)NC(=O)NC4=O)cs2)cc1. The summed E-state index contributed by atoms with van der Waals surface area (Å²) in [5.74, 6) is 0.323. The van der Waals surface area contributed by atoms with Gasteiger partial charge in [-0.25, -0.2) is 9.78 Å². The Hall–Kier alpha value is -2.94. The van der Waals surface area contributed by atoms with Crippen molar-refractivity contribution in [3.05, 3.63) is 35.3 Å². The first kappa shape index (κ1) is 19.4. The molecule has 4 amide bonds. The molecule has 3 heterocycles. The van der Waals surface area contributed by atoms with E-state index in [1.807, 2.05) is 38.1 Å². The number of piperidine rings is 1. The maximum Gasteiger partial charge on any atom is 0.322 e. The second-order valence-corrected chi connectivity index (χ2v) is 8.37. The molecule has 0 aliphatic carbocycles. The molecule has 0 unspecified atom stereocenters. The average molecular weight is 414 g/mol. The zero-order valence-electron chi connectivity index (χ0n) is 16.2. The van der Waals surface area contributed by atoms with Crippen LogP contribution in [0, 0.1) is 0 Å². The number of nitrogens with zero attached hydrogens (tertiary/aromatic N) is 2. The fourth-order valence-corrected chi connectivity index (χ4v) is 4.39. The van der Waals surface area contributed by atoms with Gasteiger partial charge in [-0.1, -0.05) is 0 Å². The normalized spacial score (nSPS) is 18.1. The predicted octanol–water partition coefficient (Wildman–Crippen LogP) is 2.41. The van der Waals surface area contributed by atoms with Crippen LogP contribution in [0.15, 0.2) is 29.6 Å². The highest BCUT2D eigenvalue weighted by molar-refractivity contribution is 7.13. The van der Waals surface area contributed by atoms with Gasteiger partial charge in [-0.2, -0.15) is 0 Å². The molecule has 4 rings (SSSR count). The second kappa shape index (κ2) is 7.47. The summed E-state index contributed by atoms with van der Waals surface area (Å²) in [6.45, 7) is 4.73. The summed E-state index contributed by atoms with van der Waals surface area (Å²) in [5.41, 5.74) is 0.428. The van der Waals surface area contributed by atoms with Crippen LogP contribution in [0.1, 0.15) is 37.2 Å². The van der Waals surface area contributed by atoms with E-state index in [-0.39, 0.29) is 17.9 Å². The molecular weight excluding hydrogens is 392 g/mol. The number of carbonyl (C=O) groups excluding carboxylic acids is 3. The van der Waals surface area contributed by atoms with Gasteiger partial charge >= 0.3 is 6.03 Å². The van der Waals surface area contributed by atoms with Gasteiger partial charge in [0.25, 0.3) is 11.8 Å². The van der Waals surface area contributed by atoms with E-state index >= 15 is 0 Å². The Morgan fingerprint density at radius 3 is 2.48 bits per heavy atom. The summed E-state index contributed by atoms with van der Waals surface area (Å²) < 4.78 is 5.65.